The number of hydrogen-bond acceptors (Lipinski definition) is 4. The van der Waals surface area contributed by atoms with Gasteiger partial charge < -0.3 is 9.05 Å². The lowest BCUT2D eigenvalue weighted by Gasteiger charge is -2.32. The number of fused-ring (bicyclic) bond motifs is 1. The average molecular weight is 389 g/mol. The molecule has 1 aliphatic rings. The maximum absolute atomic E-state index is 13.2. The van der Waals surface area contributed by atoms with Crippen molar-refractivity contribution >= 4 is 29.3 Å². The van der Waals surface area contributed by atoms with Crippen LogP contribution in [-0.2, 0) is 20.0 Å². The molecule has 0 bridgehead atoms. The molecule has 0 spiro atoms. The Kier molecular flexibility index (Phi) is 5.65. The highest BCUT2D eigenvalue weighted by atomic mass is 79.9. The van der Waals surface area contributed by atoms with Crippen LogP contribution in [0.15, 0.2) is 22.7 Å². The monoisotopic (exact) mass is 388 g/mol. The van der Waals surface area contributed by atoms with Crippen molar-refractivity contribution in [3.8, 4) is 0 Å². The van der Waals surface area contributed by atoms with Gasteiger partial charge in [0.15, 0.2) is 5.78 Å². The van der Waals surface area contributed by atoms with E-state index in [0.717, 1.165) is 10.0 Å². The third-order valence-electron chi connectivity index (χ3n) is 3.42. The molecule has 22 heavy (non-hydrogen) atoms. The Labute approximate surface area is 140 Å². The molecule has 0 heterocycles. The van der Waals surface area contributed by atoms with Crippen molar-refractivity contribution in [1.82, 2.24) is 0 Å². The normalized spacial score (nSPS) is 18.9. The van der Waals surface area contributed by atoms with Gasteiger partial charge in [-0.1, -0.05) is 22.0 Å². The van der Waals surface area contributed by atoms with Gasteiger partial charge in [-0.25, -0.2) is 0 Å². The fourth-order valence-electron chi connectivity index (χ4n) is 2.66. The van der Waals surface area contributed by atoms with Crippen molar-refractivity contribution in [2.75, 3.05) is 0 Å². The van der Waals surface area contributed by atoms with Gasteiger partial charge in [0.25, 0.3) is 0 Å². The van der Waals surface area contributed by atoms with Crippen LogP contribution in [0.25, 0.3) is 0 Å². The summed E-state index contributed by atoms with van der Waals surface area (Å²) >= 11 is 3.39. The van der Waals surface area contributed by atoms with E-state index in [9.17, 15) is 9.36 Å². The third-order valence-corrected chi connectivity index (χ3v) is 6.60. The summed E-state index contributed by atoms with van der Waals surface area (Å²) in [6.07, 6.45) is 0.665. The van der Waals surface area contributed by atoms with Gasteiger partial charge in [0.05, 0.1) is 12.2 Å². The lowest BCUT2D eigenvalue weighted by atomic mass is 9.90. The molecule has 0 saturated heterocycles. The Morgan fingerprint density at radius 3 is 2.32 bits per heavy atom. The average Bonchev–Trinajstić information content (AvgIpc) is 2.37. The van der Waals surface area contributed by atoms with Crippen molar-refractivity contribution in [2.24, 2.45) is 0 Å². The van der Waals surface area contributed by atoms with Crippen molar-refractivity contribution in [3.63, 3.8) is 0 Å². The summed E-state index contributed by atoms with van der Waals surface area (Å²) in [6, 6.07) is 5.64. The fourth-order valence-corrected chi connectivity index (χ4v) is 5.41. The molecule has 4 nitrogen and oxygen atoms in total. The highest BCUT2D eigenvalue weighted by Gasteiger charge is 2.45. The first kappa shape index (κ1) is 17.9. The standard InChI is InChI=1S/C16H22BrO4P/c1-10(2)20-22(19,21-11(3)4)15-8-6-12-5-7-13(17)9-14(12)16(15)18/h5,7,9-11,15H,6,8H2,1-4H3. The van der Waals surface area contributed by atoms with Crippen LogP contribution >= 0.6 is 23.5 Å². The minimum absolute atomic E-state index is 0.146. The van der Waals surface area contributed by atoms with Crippen LogP contribution in [0.5, 0.6) is 0 Å². The second-order valence-corrected chi connectivity index (χ2v) is 9.11. The summed E-state index contributed by atoms with van der Waals surface area (Å²) in [4.78, 5) is 12.8. The molecule has 0 amide bonds. The molecule has 6 heteroatoms. The Bertz CT molecular complexity index is 598. The third kappa shape index (κ3) is 3.88. The van der Waals surface area contributed by atoms with E-state index in [2.05, 4.69) is 15.9 Å². The van der Waals surface area contributed by atoms with Crippen molar-refractivity contribution in [3.05, 3.63) is 33.8 Å². The Hall–Kier alpha value is -0.480. The van der Waals surface area contributed by atoms with E-state index in [1.165, 1.54) is 0 Å². The quantitative estimate of drug-likeness (QED) is 0.666. The summed E-state index contributed by atoms with van der Waals surface area (Å²) in [5.74, 6) is -0.146. The van der Waals surface area contributed by atoms with Crippen LogP contribution in [0.4, 0.5) is 0 Å². The van der Waals surface area contributed by atoms with E-state index in [1.807, 2.05) is 12.1 Å². The topological polar surface area (TPSA) is 52.6 Å². The smallest absolute Gasteiger partial charge is 0.305 e. The van der Waals surface area contributed by atoms with Crippen LogP contribution in [0.1, 0.15) is 50.0 Å². The molecule has 0 radical (unpaired) electrons. The number of halogens is 1. The van der Waals surface area contributed by atoms with E-state index in [-0.39, 0.29) is 18.0 Å². The molecule has 0 aromatic heterocycles. The number of hydrogen-bond donors (Lipinski definition) is 0. The summed E-state index contributed by atoms with van der Waals surface area (Å²) in [7, 11) is -3.50. The zero-order chi connectivity index (χ0) is 16.5. The van der Waals surface area contributed by atoms with Gasteiger partial charge in [-0.3, -0.25) is 9.36 Å². The number of carbonyl (C=O) groups is 1. The number of ketones is 1. The molecule has 1 aliphatic carbocycles. The van der Waals surface area contributed by atoms with Crippen molar-refractivity contribution < 1.29 is 18.4 Å². The SMILES string of the molecule is CC(C)OP(=O)(OC(C)C)C1CCc2ccc(Br)cc2C1=O. The molecule has 122 valence electrons. The highest BCUT2D eigenvalue weighted by Crippen LogP contribution is 2.58. The molecular formula is C16H22BrO4P. The van der Waals surface area contributed by atoms with Crippen LogP contribution in [0.2, 0.25) is 0 Å². The molecule has 1 aromatic rings. The molecule has 1 atom stereocenters. The maximum atomic E-state index is 13.2. The first-order chi connectivity index (χ1) is 10.2. The number of carbonyl (C=O) groups excluding carboxylic acids is 1. The van der Waals surface area contributed by atoms with Crippen molar-refractivity contribution in [2.45, 2.75) is 58.4 Å². The summed E-state index contributed by atoms with van der Waals surface area (Å²) in [5.41, 5.74) is 0.884. The fraction of sp³-hybridized carbons (Fsp3) is 0.562. The molecule has 0 fully saturated rings. The minimum atomic E-state index is -3.50. The van der Waals surface area contributed by atoms with Crippen LogP contribution in [0.3, 0.4) is 0 Å². The second kappa shape index (κ2) is 6.96. The molecule has 0 N–H and O–H groups in total. The lowest BCUT2D eigenvalue weighted by molar-refractivity contribution is 0.0926. The van der Waals surface area contributed by atoms with Gasteiger partial charge in [-0.2, -0.15) is 0 Å². The largest absolute Gasteiger partial charge is 0.341 e. The van der Waals surface area contributed by atoms with Gasteiger partial charge in [0.1, 0.15) is 5.66 Å². The van der Waals surface area contributed by atoms with E-state index in [4.69, 9.17) is 9.05 Å². The van der Waals surface area contributed by atoms with Gasteiger partial charge in [0, 0.05) is 10.0 Å². The second-order valence-electron chi connectivity index (χ2n) is 6.07. The van der Waals surface area contributed by atoms with E-state index in [0.29, 0.717) is 18.4 Å². The van der Waals surface area contributed by atoms with Crippen LogP contribution in [0, 0.1) is 0 Å². The van der Waals surface area contributed by atoms with E-state index >= 15 is 0 Å². The van der Waals surface area contributed by atoms with E-state index in [1.54, 1.807) is 33.8 Å². The predicted molar refractivity (Wildman–Crippen MR) is 90.6 cm³/mol. The van der Waals surface area contributed by atoms with Crippen molar-refractivity contribution in [1.29, 1.82) is 0 Å². The highest BCUT2D eigenvalue weighted by molar-refractivity contribution is 9.10. The molecule has 1 unspecified atom stereocenters. The Balaban J connectivity index is 2.38. The summed E-state index contributed by atoms with van der Waals surface area (Å²) < 4.78 is 25.3. The first-order valence-corrected chi connectivity index (χ1v) is 9.92. The molecule has 0 saturated carbocycles. The van der Waals surface area contributed by atoms with Gasteiger partial charge >= 0.3 is 7.60 Å². The number of rotatable bonds is 5. The number of aryl methyl sites for hydroxylation is 1. The predicted octanol–water partition coefficient (Wildman–Crippen LogP) is 4.99. The summed E-state index contributed by atoms with van der Waals surface area (Å²) in [5, 5.41) is 0. The molecular weight excluding hydrogens is 367 g/mol. The zero-order valence-corrected chi connectivity index (χ0v) is 15.8. The van der Waals surface area contributed by atoms with Gasteiger partial charge in [0.2, 0.25) is 0 Å². The lowest BCUT2D eigenvalue weighted by Crippen LogP contribution is -2.31. The Morgan fingerprint density at radius 2 is 1.77 bits per heavy atom. The Morgan fingerprint density at radius 1 is 1.18 bits per heavy atom. The summed E-state index contributed by atoms with van der Waals surface area (Å²) in [6.45, 7) is 7.20. The van der Waals surface area contributed by atoms with Gasteiger partial charge in [-0.05, 0) is 58.2 Å². The molecule has 2 rings (SSSR count). The van der Waals surface area contributed by atoms with E-state index < -0.39 is 13.3 Å². The number of Topliss-reactive ketones (excluding diaryl/α,β-unsaturated/α-hetero) is 1. The zero-order valence-electron chi connectivity index (χ0n) is 13.3. The van der Waals surface area contributed by atoms with Crippen LogP contribution < -0.4 is 0 Å². The number of benzene rings is 1. The molecule has 0 aliphatic heterocycles. The van der Waals surface area contributed by atoms with Gasteiger partial charge in [-0.15, -0.1) is 0 Å². The maximum Gasteiger partial charge on any atom is 0.341 e. The molecule has 1 aromatic carbocycles. The minimum Gasteiger partial charge on any atom is -0.305 e. The first-order valence-electron chi connectivity index (χ1n) is 7.52. The van der Waals surface area contributed by atoms with Crippen LogP contribution in [-0.4, -0.2) is 23.7 Å².